The highest BCUT2D eigenvalue weighted by Gasteiger charge is 2.21. The van der Waals surface area contributed by atoms with Crippen LogP contribution in [0.5, 0.6) is 0 Å². The van der Waals surface area contributed by atoms with E-state index >= 15 is 0 Å². The first-order valence-electron chi connectivity index (χ1n) is 10.00. The highest BCUT2D eigenvalue weighted by molar-refractivity contribution is 9.10. The van der Waals surface area contributed by atoms with Crippen LogP contribution in [0.15, 0.2) is 44.7 Å². The minimum absolute atomic E-state index is 0.0352. The zero-order valence-electron chi connectivity index (χ0n) is 16.8. The van der Waals surface area contributed by atoms with Crippen LogP contribution in [0.2, 0.25) is 0 Å². The number of para-hydroxylation sites is 1. The van der Waals surface area contributed by atoms with Gasteiger partial charge in [-0.05, 0) is 40.0 Å². The molecule has 30 heavy (non-hydrogen) atoms. The highest BCUT2D eigenvalue weighted by atomic mass is 79.9. The number of thiophene rings is 1. The lowest BCUT2D eigenvalue weighted by atomic mass is 10.1. The van der Waals surface area contributed by atoms with Gasteiger partial charge in [0.15, 0.2) is 0 Å². The Hall–Kier alpha value is -2.07. The Balaban J connectivity index is 1.24. The van der Waals surface area contributed by atoms with E-state index in [9.17, 15) is 4.79 Å². The molecule has 0 atom stereocenters. The molecule has 0 bridgehead atoms. The third kappa shape index (κ3) is 5.34. The number of halogens is 1. The molecule has 158 valence electrons. The number of piperazine rings is 1. The highest BCUT2D eigenvalue weighted by Crippen LogP contribution is 2.27. The predicted molar refractivity (Wildman–Crippen MR) is 121 cm³/mol. The summed E-state index contributed by atoms with van der Waals surface area (Å²) in [5.74, 6) is 1.29. The minimum atomic E-state index is 0.0352. The van der Waals surface area contributed by atoms with Crippen molar-refractivity contribution in [3.05, 3.63) is 51.6 Å². The standard InChI is InChI=1S/C21H24BrN5O2S/c1-2-15-5-3-4-6-17(15)23-19(28)12-26-7-9-27(10-8-26)13-20-24-21(25-29-20)18-11-16(22)14-30-18/h3-6,11,14H,2,7-10,12-13H2,1H3,(H,23,28). The van der Waals surface area contributed by atoms with E-state index in [2.05, 4.69) is 54.2 Å². The van der Waals surface area contributed by atoms with Gasteiger partial charge in [0.25, 0.3) is 0 Å². The number of amides is 1. The topological polar surface area (TPSA) is 74.5 Å². The van der Waals surface area contributed by atoms with Crippen LogP contribution in [0.25, 0.3) is 10.7 Å². The number of carbonyl (C=O) groups excluding carboxylic acids is 1. The van der Waals surface area contributed by atoms with Crippen LogP contribution < -0.4 is 5.32 Å². The number of rotatable bonds is 7. The van der Waals surface area contributed by atoms with Crippen molar-refractivity contribution < 1.29 is 9.32 Å². The summed E-state index contributed by atoms with van der Waals surface area (Å²) < 4.78 is 6.44. The van der Waals surface area contributed by atoms with Gasteiger partial charge in [-0.3, -0.25) is 14.6 Å². The van der Waals surface area contributed by atoms with E-state index < -0.39 is 0 Å². The van der Waals surface area contributed by atoms with E-state index in [-0.39, 0.29) is 5.91 Å². The first-order valence-corrected chi connectivity index (χ1v) is 11.7. The second kappa shape index (κ2) is 9.82. The van der Waals surface area contributed by atoms with Crippen molar-refractivity contribution in [2.75, 3.05) is 38.0 Å². The summed E-state index contributed by atoms with van der Waals surface area (Å²) in [4.78, 5) is 22.4. The third-order valence-electron chi connectivity index (χ3n) is 5.12. The van der Waals surface area contributed by atoms with Crippen LogP contribution in [0.1, 0.15) is 18.4 Å². The summed E-state index contributed by atoms with van der Waals surface area (Å²) in [6.45, 7) is 6.52. The average molecular weight is 490 g/mol. The number of anilines is 1. The molecule has 0 unspecified atom stereocenters. The van der Waals surface area contributed by atoms with Gasteiger partial charge in [-0.1, -0.05) is 30.3 Å². The van der Waals surface area contributed by atoms with Gasteiger partial charge in [0, 0.05) is 41.7 Å². The lowest BCUT2D eigenvalue weighted by Gasteiger charge is -2.33. The lowest BCUT2D eigenvalue weighted by molar-refractivity contribution is -0.117. The molecule has 0 spiro atoms. The number of hydrogen-bond acceptors (Lipinski definition) is 7. The van der Waals surface area contributed by atoms with Gasteiger partial charge < -0.3 is 9.84 Å². The van der Waals surface area contributed by atoms with Crippen molar-refractivity contribution >= 4 is 38.9 Å². The largest absolute Gasteiger partial charge is 0.338 e. The molecule has 4 rings (SSSR count). The Morgan fingerprint density at radius 3 is 2.73 bits per heavy atom. The Bertz CT molecular complexity index is 997. The predicted octanol–water partition coefficient (Wildman–Crippen LogP) is 3.88. The molecule has 1 aromatic carbocycles. The lowest BCUT2D eigenvalue weighted by Crippen LogP contribution is -2.48. The zero-order valence-corrected chi connectivity index (χ0v) is 19.2. The van der Waals surface area contributed by atoms with Crippen molar-refractivity contribution in [2.24, 2.45) is 0 Å². The fourth-order valence-corrected chi connectivity index (χ4v) is 4.84. The molecule has 1 aliphatic heterocycles. The minimum Gasteiger partial charge on any atom is -0.338 e. The molecule has 7 nitrogen and oxygen atoms in total. The van der Waals surface area contributed by atoms with Crippen LogP contribution in [-0.4, -0.2) is 58.6 Å². The Morgan fingerprint density at radius 2 is 2.00 bits per heavy atom. The Morgan fingerprint density at radius 1 is 1.23 bits per heavy atom. The maximum absolute atomic E-state index is 12.5. The number of benzene rings is 1. The quantitative estimate of drug-likeness (QED) is 0.542. The average Bonchev–Trinajstić information content (AvgIpc) is 3.39. The molecular formula is C21H24BrN5O2S. The summed E-state index contributed by atoms with van der Waals surface area (Å²) in [5, 5.41) is 9.14. The van der Waals surface area contributed by atoms with Crippen molar-refractivity contribution in [1.29, 1.82) is 0 Å². The summed E-state index contributed by atoms with van der Waals surface area (Å²) in [7, 11) is 0. The van der Waals surface area contributed by atoms with Gasteiger partial charge in [-0.15, -0.1) is 11.3 Å². The Kier molecular flexibility index (Phi) is 6.93. The number of carbonyl (C=O) groups is 1. The van der Waals surface area contributed by atoms with Gasteiger partial charge in [0.1, 0.15) is 0 Å². The summed E-state index contributed by atoms with van der Waals surface area (Å²) in [5.41, 5.74) is 2.07. The molecule has 0 radical (unpaired) electrons. The second-order valence-corrected chi connectivity index (χ2v) is 9.08. The molecular weight excluding hydrogens is 466 g/mol. The third-order valence-corrected chi connectivity index (χ3v) is 6.81. The van der Waals surface area contributed by atoms with Gasteiger partial charge >= 0.3 is 0 Å². The van der Waals surface area contributed by atoms with Gasteiger partial charge in [-0.25, -0.2) is 0 Å². The van der Waals surface area contributed by atoms with E-state index in [1.54, 1.807) is 11.3 Å². The van der Waals surface area contributed by atoms with E-state index in [0.717, 1.165) is 53.2 Å². The van der Waals surface area contributed by atoms with Crippen molar-refractivity contribution in [3.8, 4) is 10.7 Å². The van der Waals surface area contributed by atoms with Crippen molar-refractivity contribution in [2.45, 2.75) is 19.9 Å². The van der Waals surface area contributed by atoms with Crippen molar-refractivity contribution in [1.82, 2.24) is 19.9 Å². The van der Waals surface area contributed by atoms with Crippen molar-refractivity contribution in [3.63, 3.8) is 0 Å². The number of nitrogens with one attached hydrogen (secondary N) is 1. The van der Waals surface area contributed by atoms with E-state index in [0.29, 0.717) is 24.8 Å². The molecule has 2 aromatic heterocycles. The maximum atomic E-state index is 12.5. The van der Waals surface area contributed by atoms with Crippen LogP contribution in [0, 0.1) is 0 Å². The zero-order chi connectivity index (χ0) is 20.9. The number of aromatic nitrogens is 2. The monoisotopic (exact) mass is 489 g/mol. The van der Waals surface area contributed by atoms with Gasteiger partial charge in [-0.2, -0.15) is 4.98 Å². The van der Waals surface area contributed by atoms with Crippen LogP contribution in [0.4, 0.5) is 5.69 Å². The first kappa shape index (κ1) is 21.2. The Labute approximate surface area is 188 Å². The van der Waals surface area contributed by atoms with E-state index in [1.807, 2.05) is 29.6 Å². The van der Waals surface area contributed by atoms with Gasteiger partial charge in [0.2, 0.25) is 17.6 Å². The molecule has 0 saturated carbocycles. The molecule has 1 N–H and O–H groups in total. The summed E-state index contributed by atoms with van der Waals surface area (Å²) in [6.07, 6.45) is 0.899. The van der Waals surface area contributed by atoms with Crippen LogP contribution >= 0.6 is 27.3 Å². The maximum Gasteiger partial charge on any atom is 0.241 e. The SMILES string of the molecule is CCc1ccccc1NC(=O)CN1CCN(Cc2nc(-c3cc(Br)cs3)no2)CC1. The van der Waals surface area contributed by atoms with E-state index in [4.69, 9.17) is 4.52 Å². The fourth-order valence-electron chi connectivity index (χ4n) is 3.49. The number of aryl methyl sites for hydroxylation is 1. The molecule has 1 saturated heterocycles. The summed E-state index contributed by atoms with van der Waals surface area (Å²) in [6, 6.07) is 9.95. The molecule has 1 aliphatic rings. The van der Waals surface area contributed by atoms with E-state index in [1.165, 1.54) is 0 Å². The fraction of sp³-hybridized carbons (Fsp3) is 0.381. The molecule has 3 aromatic rings. The smallest absolute Gasteiger partial charge is 0.241 e. The molecule has 1 fully saturated rings. The molecule has 0 aliphatic carbocycles. The second-order valence-electron chi connectivity index (χ2n) is 7.25. The normalized spacial score (nSPS) is 15.4. The first-order chi connectivity index (χ1) is 14.6. The summed E-state index contributed by atoms with van der Waals surface area (Å²) >= 11 is 5.03. The van der Waals surface area contributed by atoms with Gasteiger partial charge in [0.05, 0.1) is 18.0 Å². The van der Waals surface area contributed by atoms with Crippen LogP contribution in [-0.2, 0) is 17.8 Å². The molecule has 9 heteroatoms. The molecule has 1 amide bonds. The molecule has 3 heterocycles. The number of nitrogens with zero attached hydrogens (tertiary/aromatic N) is 4. The van der Waals surface area contributed by atoms with Crippen LogP contribution in [0.3, 0.4) is 0 Å². The number of hydrogen-bond donors (Lipinski definition) is 1.